The summed E-state index contributed by atoms with van der Waals surface area (Å²) >= 11 is 3.06. The lowest BCUT2D eigenvalue weighted by molar-refractivity contribution is -0.154. The number of hydrogen-bond donors (Lipinski definition) is 1. The molecule has 2 amide bonds. The summed E-state index contributed by atoms with van der Waals surface area (Å²) in [5.41, 5.74) is 2.58. The summed E-state index contributed by atoms with van der Waals surface area (Å²) in [4.78, 5) is 44.8. The van der Waals surface area contributed by atoms with Gasteiger partial charge in [-0.05, 0) is 56.7 Å². The standard InChI is InChI=1S/C45H37N2O4PS2/c48-39(29-38-27-16-28-53-38)46-40-43(49)47-41(45(50)51-42(32-17-6-1-7-18-32)33-19-8-2-9-20-33)34(31-54-44(40)47)30-52(35-21-10-3-11-22-35,36-23-12-4-13-24-36)37-25-14-5-15-26-37/h1-28,30,40,42,44H,29,31H2,(H,46,48)/t40-,44-/m1/s1. The van der Waals surface area contributed by atoms with Gasteiger partial charge in [0.25, 0.3) is 5.91 Å². The van der Waals surface area contributed by atoms with Gasteiger partial charge in [-0.15, -0.1) is 23.1 Å². The first-order chi connectivity index (χ1) is 26.5. The number of nitrogens with one attached hydrogen (secondary N) is 1. The molecule has 0 spiro atoms. The first kappa shape index (κ1) is 35.6. The fourth-order valence-corrected chi connectivity index (χ4v) is 13.3. The molecule has 54 heavy (non-hydrogen) atoms. The third-order valence-electron chi connectivity index (χ3n) is 9.69. The van der Waals surface area contributed by atoms with Gasteiger partial charge in [0, 0.05) is 10.6 Å². The molecule has 0 bridgehead atoms. The number of esters is 1. The molecule has 5 aromatic carbocycles. The minimum atomic E-state index is -2.57. The second kappa shape index (κ2) is 15.9. The Balaban J connectivity index is 1.29. The van der Waals surface area contributed by atoms with E-state index in [1.165, 1.54) is 11.3 Å². The molecule has 2 atom stereocenters. The van der Waals surface area contributed by atoms with Gasteiger partial charge < -0.3 is 10.1 Å². The molecular formula is C45H37N2O4PS2. The second-order valence-electron chi connectivity index (χ2n) is 13.1. The van der Waals surface area contributed by atoms with Gasteiger partial charge in [0.15, 0.2) is 6.10 Å². The Kier molecular flexibility index (Phi) is 10.5. The minimum Gasteiger partial charge on any atom is -0.448 e. The molecule has 0 saturated carbocycles. The molecule has 2 aliphatic rings. The molecule has 0 radical (unpaired) electrons. The van der Waals surface area contributed by atoms with E-state index in [-0.39, 0.29) is 23.9 Å². The van der Waals surface area contributed by atoms with Crippen molar-refractivity contribution in [1.82, 2.24) is 10.2 Å². The monoisotopic (exact) mass is 764 g/mol. The van der Waals surface area contributed by atoms with Gasteiger partial charge in [-0.2, -0.15) is 0 Å². The fraction of sp³-hybridized carbons (Fsp3) is 0.111. The molecule has 0 unspecified atom stereocenters. The first-order valence-corrected chi connectivity index (χ1v) is 21.5. The van der Waals surface area contributed by atoms with E-state index in [9.17, 15) is 14.4 Å². The summed E-state index contributed by atoms with van der Waals surface area (Å²) in [6.07, 6.45) is -0.521. The number of benzene rings is 5. The Bertz CT molecular complexity index is 2190. The van der Waals surface area contributed by atoms with E-state index in [4.69, 9.17) is 4.74 Å². The maximum Gasteiger partial charge on any atom is 0.356 e. The average molecular weight is 765 g/mol. The Morgan fingerprint density at radius 1 is 0.722 bits per heavy atom. The summed E-state index contributed by atoms with van der Waals surface area (Å²) in [5, 5.41) is 7.80. The van der Waals surface area contributed by atoms with Crippen molar-refractivity contribution >= 4 is 69.5 Å². The van der Waals surface area contributed by atoms with Crippen molar-refractivity contribution in [2.75, 3.05) is 5.75 Å². The fourth-order valence-electron chi connectivity index (χ4n) is 7.17. The van der Waals surface area contributed by atoms with Crippen LogP contribution < -0.4 is 21.2 Å². The van der Waals surface area contributed by atoms with Gasteiger partial charge >= 0.3 is 5.97 Å². The van der Waals surface area contributed by atoms with Gasteiger partial charge in [-0.25, -0.2) is 4.79 Å². The SMILES string of the molecule is O=C(Cc1cccs1)N[C@@H]1C(=O)N2C(C(=O)OC(c3ccccc3)c3ccccc3)=C(C=P(c3ccccc3)(c3ccccc3)c3ccccc3)CS[C@H]12. The van der Waals surface area contributed by atoms with Crippen molar-refractivity contribution in [2.45, 2.75) is 23.9 Å². The van der Waals surface area contributed by atoms with Crippen LogP contribution in [0.5, 0.6) is 0 Å². The predicted molar refractivity (Wildman–Crippen MR) is 222 cm³/mol. The molecule has 268 valence electrons. The first-order valence-electron chi connectivity index (χ1n) is 17.7. The predicted octanol–water partition coefficient (Wildman–Crippen LogP) is 7.07. The molecule has 6 nitrogen and oxygen atoms in total. The van der Waals surface area contributed by atoms with Gasteiger partial charge in [-0.1, -0.05) is 158 Å². The number of rotatable bonds is 11. The molecule has 1 saturated heterocycles. The molecular weight excluding hydrogens is 728 g/mol. The highest BCUT2D eigenvalue weighted by atomic mass is 32.2. The molecule has 2 aliphatic heterocycles. The molecule has 9 heteroatoms. The minimum absolute atomic E-state index is 0.191. The van der Waals surface area contributed by atoms with Crippen LogP contribution in [-0.2, 0) is 25.5 Å². The van der Waals surface area contributed by atoms with E-state index in [1.807, 2.05) is 133 Å². The van der Waals surface area contributed by atoms with E-state index >= 15 is 0 Å². The topological polar surface area (TPSA) is 75.7 Å². The Labute approximate surface area is 323 Å². The highest BCUT2D eigenvalue weighted by Crippen LogP contribution is 2.48. The van der Waals surface area contributed by atoms with E-state index < -0.39 is 30.4 Å². The zero-order valence-corrected chi connectivity index (χ0v) is 31.8. The van der Waals surface area contributed by atoms with E-state index in [0.717, 1.165) is 37.5 Å². The summed E-state index contributed by atoms with van der Waals surface area (Å²) in [5.74, 6) is 1.54. The summed E-state index contributed by atoms with van der Waals surface area (Å²) < 4.78 is 6.52. The van der Waals surface area contributed by atoms with Crippen LogP contribution >= 0.6 is 30.0 Å². The van der Waals surface area contributed by atoms with Crippen molar-refractivity contribution < 1.29 is 19.1 Å². The summed E-state index contributed by atoms with van der Waals surface area (Å²) in [7, 11) is 0. The van der Waals surface area contributed by atoms with Crippen LogP contribution in [0.1, 0.15) is 22.1 Å². The number of carbonyl (C=O) groups is 3. The van der Waals surface area contributed by atoms with Gasteiger partial charge in [0.05, 0.1) is 6.42 Å². The number of β-lactam (4-membered cyclic amide) rings is 1. The molecule has 8 rings (SSSR count). The van der Waals surface area contributed by atoms with E-state index in [2.05, 4.69) is 47.5 Å². The quantitative estimate of drug-likeness (QED) is 0.0869. The summed E-state index contributed by atoms with van der Waals surface area (Å²) in [6.45, 7) is -2.57. The van der Waals surface area contributed by atoms with Crippen molar-refractivity contribution in [2.24, 2.45) is 0 Å². The molecule has 3 heterocycles. The van der Waals surface area contributed by atoms with Crippen LogP contribution in [0, 0.1) is 0 Å². The molecule has 1 aromatic heterocycles. The van der Waals surface area contributed by atoms with Crippen LogP contribution in [0.4, 0.5) is 0 Å². The number of ether oxygens (including phenoxy) is 1. The van der Waals surface area contributed by atoms with Crippen molar-refractivity contribution in [3.05, 3.63) is 196 Å². The smallest absolute Gasteiger partial charge is 0.356 e. The number of fused-ring (bicyclic) bond motifs is 1. The average Bonchev–Trinajstić information content (AvgIpc) is 3.75. The van der Waals surface area contributed by atoms with E-state index in [1.54, 1.807) is 16.7 Å². The number of thioether (sulfide) groups is 1. The molecule has 0 aliphatic carbocycles. The normalized spacial score (nSPS) is 16.7. The number of amides is 2. The second-order valence-corrected chi connectivity index (χ2v) is 18.4. The van der Waals surface area contributed by atoms with Crippen LogP contribution in [0.15, 0.2) is 180 Å². The number of nitrogens with zero attached hydrogens (tertiary/aromatic N) is 1. The lowest BCUT2D eigenvalue weighted by atomic mass is 10.0. The molecule has 1 fully saturated rings. The maximum absolute atomic E-state index is 15.0. The van der Waals surface area contributed by atoms with Crippen LogP contribution in [0.2, 0.25) is 0 Å². The van der Waals surface area contributed by atoms with Crippen LogP contribution in [0.3, 0.4) is 0 Å². The zero-order valence-electron chi connectivity index (χ0n) is 29.2. The largest absolute Gasteiger partial charge is 0.448 e. The number of carbonyl (C=O) groups excluding carboxylic acids is 3. The third-order valence-corrected chi connectivity index (χ3v) is 15.9. The van der Waals surface area contributed by atoms with Gasteiger partial charge in [0.2, 0.25) is 5.91 Å². The highest BCUT2D eigenvalue weighted by molar-refractivity contribution is 8.00. The molecule has 6 aromatic rings. The van der Waals surface area contributed by atoms with Crippen molar-refractivity contribution in [1.29, 1.82) is 0 Å². The van der Waals surface area contributed by atoms with Crippen LogP contribution in [0.25, 0.3) is 0 Å². The molecule has 1 N–H and O–H groups in total. The van der Waals surface area contributed by atoms with Gasteiger partial charge in [0.1, 0.15) is 17.1 Å². The van der Waals surface area contributed by atoms with Crippen molar-refractivity contribution in [3.8, 4) is 0 Å². The van der Waals surface area contributed by atoms with E-state index in [0.29, 0.717) is 5.75 Å². The third kappa shape index (κ3) is 7.01. The Morgan fingerprint density at radius 2 is 1.22 bits per heavy atom. The maximum atomic E-state index is 15.0. The Morgan fingerprint density at radius 3 is 1.70 bits per heavy atom. The number of hydrogen-bond acceptors (Lipinski definition) is 6. The number of thiophene rings is 1. The lowest BCUT2D eigenvalue weighted by Crippen LogP contribution is -2.70. The Hall–Kier alpha value is -5.40. The highest BCUT2D eigenvalue weighted by Gasteiger charge is 2.54. The lowest BCUT2D eigenvalue weighted by Gasteiger charge is -2.50. The van der Waals surface area contributed by atoms with Crippen molar-refractivity contribution in [3.63, 3.8) is 0 Å². The summed E-state index contributed by atoms with van der Waals surface area (Å²) in [6, 6.07) is 53.6. The van der Waals surface area contributed by atoms with Crippen LogP contribution in [-0.4, -0.2) is 45.6 Å². The zero-order chi connectivity index (χ0) is 36.9. The van der Waals surface area contributed by atoms with Gasteiger partial charge in [-0.3, -0.25) is 14.5 Å².